The number of hydrogen-bond acceptors (Lipinski definition) is 7. The standard InChI is InChI=1S/C40H54N6O4/c1-27-23-44(24-27)37(48)50-32-10-7-29(8-11-32)36(47)45(35-22-41-21-33(43-35)30-20-42-46(25-30)38(3,4)5)26-39-13-16-40(17-14-39,18-15-39)31-9-12-34(49-6)28(2)19-31/h9,12,19-22,25,27,29,32H,7-8,10-11,13-18,23-24,26H2,1-6H3. The summed E-state index contributed by atoms with van der Waals surface area (Å²) >= 11 is 0. The van der Waals surface area contributed by atoms with Gasteiger partial charge in [0.2, 0.25) is 5.91 Å². The van der Waals surface area contributed by atoms with Gasteiger partial charge in [0, 0.05) is 37.3 Å². The van der Waals surface area contributed by atoms with Crippen LogP contribution >= 0.6 is 0 Å². The highest BCUT2D eigenvalue weighted by molar-refractivity contribution is 5.94. The zero-order valence-corrected chi connectivity index (χ0v) is 30.8. The number of ether oxygens (including phenoxy) is 2. The van der Waals surface area contributed by atoms with Gasteiger partial charge in [-0.3, -0.25) is 19.4 Å². The van der Waals surface area contributed by atoms with Gasteiger partial charge in [0.1, 0.15) is 11.9 Å². The molecule has 4 saturated carbocycles. The fourth-order valence-electron chi connectivity index (χ4n) is 8.91. The largest absolute Gasteiger partial charge is 0.496 e. The number of rotatable bonds is 8. The highest BCUT2D eigenvalue weighted by Crippen LogP contribution is 2.58. The first-order chi connectivity index (χ1) is 23.9. The quantitative estimate of drug-likeness (QED) is 0.240. The van der Waals surface area contributed by atoms with Crippen LogP contribution in [-0.2, 0) is 20.5 Å². The van der Waals surface area contributed by atoms with Crippen LogP contribution in [0.3, 0.4) is 0 Å². The molecule has 5 fully saturated rings. The van der Waals surface area contributed by atoms with Crippen LogP contribution in [0.1, 0.15) is 103 Å². The Balaban J connectivity index is 1.10. The van der Waals surface area contributed by atoms with Gasteiger partial charge in [-0.1, -0.05) is 19.1 Å². The summed E-state index contributed by atoms with van der Waals surface area (Å²) in [5.41, 5.74) is 4.27. The second kappa shape index (κ2) is 13.3. The summed E-state index contributed by atoms with van der Waals surface area (Å²) in [7, 11) is 1.73. The number of aromatic nitrogens is 4. The number of hydrogen-bond donors (Lipinski definition) is 0. The lowest BCUT2D eigenvalue weighted by molar-refractivity contribution is -0.124. The van der Waals surface area contributed by atoms with E-state index in [1.54, 1.807) is 24.4 Å². The highest BCUT2D eigenvalue weighted by atomic mass is 16.6. The van der Waals surface area contributed by atoms with Crippen LogP contribution in [0, 0.1) is 24.2 Å². The molecule has 3 heterocycles. The molecule has 0 N–H and O–H groups in total. The van der Waals surface area contributed by atoms with Crippen molar-refractivity contribution in [3.8, 4) is 17.0 Å². The average Bonchev–Trinajstić information content (AvgIpc) is 3.62. The molecule has 4 aliphatic carbocycles. The molecule has 0 radical (unpaired) electrons. The smallest absolute Gasteiger partial charge is 0.410 e. The predicted molar refractivity (Wildman–Crippen MR) is 193 cm³/mol. The molecule has 8 rings (SSSR count). The van der Waals surface area contributed by atoms with Gasteiger partial charge < -0.3 is 14.4 Å². The van der Waals surface area contributed by atoms with E-state index in [4.69, 9.17) is 14.5 Å². The molecular formula is C40H54N6O4. The fourth-order valence-corrected chi connectivity index (χ4v) is 8.91. The third-order valence-electron chi connectivity index (χ3n) is 12.2. The molecule has 50 heavy (non-hydrogen) atoms. The van der Waals surface area contributed by atoms with Crippen molar-refractivity contribution in [1.29, 1.82) is 0 Å². The molecule has 0 atom stereocenters. The number of carbonyl (C=O) groups excluding carboxylic acids is 2. The van der Waals surface area contributed by atoms with Crippen LogP contribution in [0.15, 0.2) is 43.0 Å². The topological polar surface area (TPSA) is 103 Å². The minimum Gasteiger partial charge on any atom is -0.496 e. The minimum absolute atomic E-state index is 0.0365. The maximum Gasteiger partial charge on any atom is 0.410 e. The number of benzene rings is 1. The SMILES string of the molecule is COc1ccc(C23CCC(CN(C(=O)C4CCC(OC(=O)N5CC(C)C5)CC4)c4cncc(-c5cnn(C(C)(C)C)c5)n4)(CC2)CC3)cc1C. The number of methoxy groups -OCH3 is 1. The Labute approximate surface area is 296 Å². The Morgan fingerprint density at radius 1 is 0.980 bits per heavy atom. The molecule has 1 aromatic carbocycles. The van der Waals surface area contributed by atoms with Crippen LogP contribution < -0.4 is 9.64 Å². The number of likely N-dealkylation sites (tertiary alicyclic amines) is 1. The van der Waals surface area contributed by atoms with Crippen LogP contribution in [0.5, 0.6) is 5.75 Å². The summed E-state index contributed by atoms with van der Waals surface area (Å²) in [5, 5.41) is 4.59. The molecule has 268 valence electrons. The monoisotopic (exact) mass is 682 g/mol. The van der Waals surface area contributed by atoms with Crippen LogP contribution in [-0.4, -0.2) is 69.5 Å². The average molecular weight is 683 g/mol. The van der Waals surface area contributed by atoms with Gasteiger partial charge in [-0.15, -0.1) is 0 Å². The molecule has 2 bridgehead atoms. The summed E-state index contributed by atoms with van der Waals surface area (Å²) in [4.78, 5) is 40.7. The number of nitrogens with zero attached hydrogens (tertiary/aromatic N) is 6. The predicted octanol–water partition coefficient (Wildman–Crippen LogP) is 7.68. The van der Waals surface area contributed by atoms with Gasteiger partial charge in [0.25, 0.3) is 0 Å². The van der Waals surface area contributed by atoms with E-state index in [0.717, 1.165) is 62.9 Å². The van der Waals surface area contributed by atoms with E-state index in [1.807, 2.05) is 22.0 Å². The van der Waals surface area contributed by atoms with Gasteiger partial charge in [-0.25, -0.2) is 9.78 Å². The van der Waals surface area contributed by atoms with Crippen molar-refractivity contribution in [2.24, 2.45) is 17.3 Å². The second-order valence-corrected chi connectivity index (χ2v) is 16.9. The van der Waals surface area contributed by atoms with E-state index in [2.05, 4.69) is 62.9 Å². The Kier molecular flexibility index (Phi) is 9.18. The molecule has 3 aromatic rings. The lowest BCUT2D eigenvalue weighted by Gasteiger charge is -2.55. The summed E-state index contributed by atoms with van der Waals surface area (Å²) < 4.78 is 13.4. The fraction of sp³-hybridized carbons (Fsp3) is 0.625. The van der Waals surface area contributed by atoms with Gasteiger partial charge >= 0.3 is 6.09 Å². The van der Waals surface area contributed by atoms with Crippen LogP contribution in [0.25, 0.3) is 11.3 Å². The van der Waals surface area contributed by atoms with E-state index in [0.29, 0.717) is 49.7 Å². The number of anilines is 1. The highest BCUT2D eigenvalue weighted by Gasteiger charge is 2.51. The molecule has 1 aliphatic heterocycles. The van der Waals surface area contributed by atoms with Gasteiger partial charge in [-0.2, -0.15) is 5.10 Å². The van der Waals surface area contributed by atoms with Gasteiger partial charge in [0.15, 0.2) is 5.82 Å². The van der Waals surface area contributed by atoms with Crippen molar-refractivity contribution in [3.63, 3.8) is 0 Å². The molecule has 10 nitrogen and oxygen atoms in total. The van der Waals surface area contributed by atoms with E-state index >= 15 is 0 Å². The number of carbonyl (C=O) groups is 2. The van der Waals surface area contributed by atoms with Crippen molar-refractivity contribution in [2.45, 2.75) is 116 Å². The van der Waals surface area contributed by atoms with Crippen molar-refractivity contribution in [1.82, 2.24) is 24.6 Å². The van der Waals surface area contributed by atoms with E-state index < -0.39 is 0 Å². The van der Waals surface area contributed by atoms with E-state index in [9.17, 15) is 9.59 Å². The molecule has 0 spiro atoms. The number of amides is 2. The molecule has 10 heteroatoms. The zero-order chi connectivity index (χ0) is 35.3. The maximum absolute atomic E-state index is 14.7. The number of fused-ring (bicyclic) bond motifs is 3. The molecule has 2 amide bonds. The van der Waals surface area contributed by atoms with Crippen LogP contribution in [0.4, 0.5) is 10.6 Å². The molecule has 2 aromatic heterocycles. The first-order valence-corrected chi connectivity index (χ1v) is 18.7. The summed E-state index contributed by atoms with van der Waals surface area (Å²) in [5.74, 6) is 2.05. The molecule has 1 saturated heterocycles. The molecular weight excluding hydrogens is 628 g/mol. The third-order valence-corrected chi connectivity index (χ3v) is 12.2. The second-order valence-electron chi connectivity index (χ2n) is 16.9. The maximum atomic E-state index is 14.7. The summed E-state index contributed by atoms with van der Waals surface area (Å²) in [6.45, 7) is 12.8. The van der Waals surface area contributed by atoms with Gasteiger partial charge in [0.05, 0.1) is 36.9 Å². The first kappa shape index (κ1) is 34.5. The molecule has 0 unspecified atom stereocenters. The van der Waals surface area contributed by atoms with Crippen LogP contribution in [0.2, 0.25) is 0 Å². The Bertz CT molecular complexity index is 1690. The van der Waals surface area contributed by atoms with Crippen molar-refractivity contribution < 1.29 is 19.1 Å². The van der Waals surface area contributed by atoms with E-state index in [1.165, 1.54) is 11.1 Å². The molecule has 5 aliphatic rings. The summed E-state index contributed by atoms with van der Waals surface area (Å²) in [6, 6.07) is 6.71. The normalized spacial score (nSPS) is 26.7. The van der Waals surface area contributed by atoms with E-state index in [-0.39, 0.29) is 40.4 Å². The first-order valence-electron chi connectivity index (χ1n) is 18.7. The van der Waals surface area contributed by atoms with Crippen molar-refractivity contribution >= 4 is 17.8 Å². The van der Waals surface area contributed by atoms with Crippen molar-refractivity contribution in [2.75, 3.05) is 31.6 Å². The minimum atomic E-state index is -0.212. The zero-order valence-electron chi connectivity index (χ0n) is 30.8. The van der Waals surface area contributed by atoms with Crippen molar-refractivity contribution in [3.05, 3.63) is 54.1 Å². The lowest BCUT2D eigenvalue weighted by Crippen LogP contribution is -2.52. The third kappa shape index (κ3) is 6.74. The number of aryl methyl sites for hydroxylation is 1. The Morgan fingerprint density at radius 2 is 1.68 bits per heavy atom. The summed E-state index contributed by atoms with van der Waals surface area (Å²) in [6.07, 6.45) is 16.4. The Hall–Kier alpha value is -3.95. The van der Waals surface area contributed by atoms with Gasteiger partial charge in [-0.05, 0) is 126 Å². The Morgan fingerprint density at radius 3 is 2.28 bits per heavy atom. The lowest BCUT2D eigenvalue weighted by atomic mass is 9.51.